The molecule has 158 valence electrons. The van der Waals surface area contributed by atoms with E-state index in [1.807, 2.05) is 18.2 Å². The number of piperidine rings is 1. The number of likely N-dealkylation sites (tertiary alicyclic amines) is 1. The Morgan fingerprint density at radius 3 is 2.83 bits per heavy atom. The third-order valence-electron chi connectivity index (χ3n) is 6.32. The standard InChI is InChI=1S/C23H27N3O4/c1-3-14-30-26-21(27)15-19(22(28)29-2)23(26)9-12-25(13-10-23)16-17-6-4-8-20-18(17)7-5-11-24-20/h3-8,11,19H,1,9-10,12-16H2,2H3/t19-/m1/s1. The van der Waals surface area contributed by atoms with Crippen molar-refractivity contribution in [2.24, 2.45) is 5.92 Å². The van der Waals surface area contributed by atoms with Crippen LogP contribution in [0.25, 0.3) is 10.9 Å². The number of hydrogen-bond donors (Lipinski definition) is 0. The predicted octanol–water partition coefficient (Wildman–Crippen LogP) is 2.71. The van der Waals surface area contributed by atoms with Crippen LogP contribution in [0.2, 0.25) is 0 Å². The number of aromatic nitrogens is 1. The topological polar surface area (TPSA) is 72.0 Å². The first-order valence-corrected chi connectivity index (χ1v) is 10.3. The maximum Gasteiger partial charge on any atom is 0.311 e. The van der Waals surface area contributed by atoms with Gasteiger partial charge >= 0.3 is 5.97 Å². The highest BCUT2D eigenvalue weighted by molar-refractivity contribution is 5.88. The first-order valence-electron chi connectivity index (χ1n) is 10.3. The van der Waals surface area contributed by atoms with Gasteiger partial charge in [-0.2, -0.15) is 0 Å². The number of esters is 1. The normalized spacial score (nSPS) is 21.3. The van der Waals surface area contributed by atoms with E-state index in [9.17, 15) is 9.59 Å². The predicted molar refractivity (Wildman–Crippen MR) is 112 cm³/mol. The number of hydrogen-bond acceptors (Lipinski definition) is 6. The Balaban J connectivity index is 1.53. The summed E-state index contributed by atoms with van der Waals surface area (Å²) in [7, 11) is 1.37. The molecule has 1 atom stereocenters. The van der Waals surface area contributed by atoms with E-state index in [2.05, 4.69) is 28.6 Å². The van der Waals surface area contributed by atoms with E-state index >= 15 is 0 Å². The summed E-state index contributed by atoms with van der Waals surface area (Å²) in [6.45, 7) is 6.20. The molecule has 30 heavy (non-hydrogen) atoms. The summed E-state index contributed by atoms with van der Waals surface area (Å²) in [6, 6.07) is 10.2. The molecule has 4 rings (SSSR count). The number of carbonyl (C=O) groups is 2. The van der Waals surface area contributed by atoms with E-state index in [0.29, 0.717) is 12.8 Å². The number of ether oxygens (including phenoxy) is 1. The van der Waals surface area contributed by atoms with Crippen LogP contribution in [0.1, 0.15) is 24.8 Å². The minimum Gasteiger partial charge on any atom is -0.469 e. The van der Waals surface area contributed by atoms with Crippen LogP contribution in [0.3, 0.4) is 0 Å². The van der Waals surface area contributed by atoms with Crippen molar-refractivity contribution in [2.75, 3.05) is 26.8 Å². The van der Waals surface area contributed by atoms with Crippen LogP contribution in [-0.2, 0) is 25.7 Å². The van der Waals surface area contributed by atoms with Crippen molar-refractivity contribution in [3.05, 3.63) is 54.7 Å². The number of hydroxylamine groups is 2. The number of nitrogens with zero attached hydrogens (tertiary/aromatic N) is 3. The van der Waals surface area contributed by atoms with Crippen LogP contribution in [-0.4, -0.2) is 59.2 Å². The molecule has 2 fully saturated rings. The Hall–Kier alpha value is -2.77. The average Bonchev–Trinajstić information content (AvgIpc) is 3.04. The van der Waals surface area contributed by atoms with Crippen molar-refractivity contribution >= 4 is 22.8 Å². The molecule has 0 bridgehead atoms. The van der Waals surface area contributed by atoms with Crippen molar-refractivity contribution in [3.63, 3.8) is 0 Å². The molecule has 1 amide bonds. The first-order chi connectivity index (χ1) is 14.6. The van der Waals surface area contributed by atoms with Crippen LogP contribution in [0, 0.1) is 5.92 Å². The van der Waals surface area contributed by atoms with Crippen molar-refractivity contribution < 1.29 is 19.2 Å². The lowest BCUT2D eigenvalue weighted by Gasteiger charge is -2.45. The van der Waals surface area contributed by atoms with Gasteiger partial charge in [0.2, 0.25) is 5.91 Å². The highest BCUT2D eigenvalue weighted by atomic mass is 16.7. The van der Waals surface area contributed by atoms with Gasteiger partial charge in [0.15, 0.2) is 0 Å². The number of fused-ring (bicyclic) bond motifs is 1. The molecule has 7 heteroatoms. The van der Waals surface area contributed by atoms with E-state index < -0.39 is 11.5 Å². The first kappa shape index (κ1) is 20.5. The van der Waals surface area contributed by atoms with Gasteiger partial charge in [-0.3, -0.25) is 24.3 Å². The van der Waals surface area contributed by atoms with E-state index in [0.717, 1.165) is 30.5 Å². The SMILES string of the molecule is C=CCON1C(=O)C[C@H](C(=O)OC)C12CCN(Cc1cccc3ncccc13)CC2. The molecule has 2 saturated heterocycles. The average molecular weight is 409 g/mol. The number of benzene rings is 1. The Bertz CT molecular complexity index is 947. The molecular weight excluding hydrogens is 382 g/mol. The molecular formula is C23H27N3O4. The third-order valence-corrected chi connectivity index (χ3v) is 6.32. The van der Waals surface area contributed by atoms with Crippen molar-refractivity contribution in [1.82, 2.24) is 14.9 Å². The molecule has 2 aliphatic rings. The highest BCUT2D eigenvalue weighted by Crippen LogP contribution is 2.44. The van der Waals surface area contributed by atoms with Gasteiger partial charge < -0.3 is 4.74 Å². The molecule has 1 aromatic carbocycles. The van der Waals surface area contributed by atoms with Crippen molar-refractivity contribution in [3.8, 4) is 0 Å². The molecule has 1 aromatic heterocycles. The number of methoxy groups -OCH3 is 1. The summed E-state index contributed by atoms with van der Waals surface area (Å²) in [5, 5.41) is 2.59. The fourth-order valence-corrected chi connectivity index (χ4v) is 4.81. The summed E-state index contributed by atoms with van der Waals surface area (Å²) in [5.41, 5.74) is 1.55. The largest absolute Gasteiger partial charge is 0.469 e. The molecule has 0 aliphatic carbocycles. The lowest BCUT2D eigenvalue weighted by molar-refractivity contribution is -0.218. The minimum atomic E-state index is -0.663. The van der Waals surface area contributed by atoms with E-state index in [1.54, 1.807) is 12.3 Å². The lowest BCUT2D eigenvalue weighted by Crippen LogP contribution is -2.57. The number of rotatable bonds is 6. The Morgan fingerprint density at radius 2 is 2.10 bits per heavy atom. The Labute approximate surface area is 176 Å². The van der Waals surface area contributed by atoms with Gasteiger partial charge in [-0.05, 0) is 30.5 Å². The Morgan fingerprint density at radius 1 is 1.30 bits per heavy atom. The van der Waals surface area contributed by atoms with Crippen molar-refractivity contribution in [1.29, 1.82) is 0 Å². The number of amides is 1. The second kappa shape index (κ2) is 8.53. The van der Waals surface area contributed by atoms with E-state index in [4.69, 9.17) is 9.57 Å². The second-order valence-corrected chi connectivity index (χ2v) is 7.92. The molecule has 3 heterocycles. The van der Waals surface area contributed by atoms with Crippen LogP contribution < -0.4 is 0 Å². The zero-order chi connectivity index (χ0) is 21.1. The highest BCUT2D eigenvalue weighted by Gasteiger charge is 2.58. The second-order valence-electron chi connectivity index (χ2n) is 7.92. The van der Waals surface area contributed by atoms with Crippen LogP contribution >= 0.6 is 0 Å². The van der Waals surface area contributed by atoms with Crippen LogP contribution in [0.15, 0.2) is 49.2 Å². The maximum atomic E-state index is 12.6. The van der Waals surface area contributed by atoms with E-state index in [-0.39, 0.29) is 24.9 Å². The van der Waals surface area contributed by atoms with E-state index in [1.165, 1.54) is 17.7 Å². The molecule has 2 aliphatic heterocycles. The zero-order valence-electron chi connectivity index (χ0n) is 17.3. The zero-order valence-corrected chi connectivity index (χ0v) is 17.3. The summed E-state index contributed by atoms with van der Waals surface area (Å²) in [4.78, 5) is 37.6. The molecule has 2 aromatic rings. The summed E-state index contributed by atoms with van der Waals surface area (Å²) in [5.74, 6) is -1.02. The smallest absolute Gasteiger partial charge is 0.311 e. The fourth-order valence-electron chi connectivity index (χ4n) is 4.81. The quantitative estimate of drug-likeness (QED) is 0.540. The molecule has 7 nitrogen and oxygen atoms in total. The molecule has 0 N–H and O–H groups in total. The summed E-state index contributed by atoms with van der Waals surface area (Å²) < 4.78 is 5.02. The molecule has 1 spiro atoms. The Kier molecular flexibility index (Phi) is 5.83. The molecule has 0 radical (unpaired) electrons. The van der Waals surface area contributed by atoms with Crippen molar-refractivity contribution in [2.45, 2.75) is 31.3 Å². The van der Waals surface area contributed by atoms with Gasteiger partial charge in [0, 0.05) is 37.6 Å². The lowest BCUT2D eigenvalue weighted by atomic mass is 9.77. The van der Waals surface area contributed by atoms with Gasteiger partial charge in [-0.25, -0.2) is 5.06 Å². The van der Waals surface area contributed by atoms with Crippen LogP contribution in [0.5, 0.6) is 0 Å². The maximum absolute atomic E-state index is 12.6. The third kappa shape index (κ3) is 3.59. The van der Waals surface area contributed by atoms with Gasteiger partial charge in [0.1, 0.15) is 0 Å². The van der Waals surface area contributed by atoms with Gasteiger partial charge in [-0.15, -0.1) is 6.58 Å². The van der Waals surface area contributed by atoms with Gasteiger partial charge in [0.25, 0.3) is 0 Å². The van der Waals surface area contributed by atoms with Gasteiger partial charge in [0.05, 0.1) is 30.7 Å². The monoisotopic (exact) mass is 409 g/mol. The molecule has 0 unspecified atom stereocenters. The fraction of sp³-hybridized carbons (Fsp3) is 0.435. The minimum absolute atomic E-state index is 0.124. The number of carbonyl (C=O) groups excluding carboxylic acids is 2. The summed E-state index contributed by atoms with van der Waals surface area (Å²) in [6.07, 6.45) is 4.84. The number of pyridine rings is 1. The molecule has 0 saturated carbocycles. The summed E-state index contributed by atoms with van der Waals surface area (Å²) >= 11 is 0. The van der Waals surface area contributed by atoms with Crippen LogP contribution in [0.4, 0.5) is 0 Å². The van der Waals surface area contributed by atoms with Gasteiger partial charge in [-0.1, -0.05) is 24.3 Å².